The molecule has 96 valence electrons. The van der Waals surface area contributed by atoms with Crippen molar-refractivity contribution < 1.29 is 4.52 Å². The van der Waals surface area contributed by atoms with Gasteiger partial charge in [0.1, 0.15) is 5.82 Å². The van der Waals surface area contributed by atoms with Crippen molar-refractivity contribution in [2.75, 3.05) is 13.1 Å². The van der Waals surface area contributed by atoms with Crippen LogP contribution in [0.3, 0.4) is 0 Å². The van der Waals surface area contributed by atoms with E-state index in [4.69, 9.17) is 4.52 Å². The van der Waals surface area contributed by atoms with Gasteiger partial charge in [0.05, 0.1) is 6.54 Å². The van der Waals surface area contributed by atoms with Gasteiger partial charge >= 0.3 is 0 Å². The van der Waals surface area contributed by atoms with Crippen LogP contribution in [0.15, 0.2) is 16.9 Å². The number of hydrogen-bond donors (Lipinski definition) is 1. The third-order valence-corrected chi connectivity index (χ3v) is 3.41. The number of likely N-dealkylation sites (tertiary alicyclic amines) is 1. The van der Waals surface area contributed by atoms with E-state index >= 15 is 0 Å². The Labute approximate surface area is 105 Å². The van der Waals surface area contributed by atoms with Gasteiger partial charge in [0, 0.05) is 18.3 Å². The summed E-state index contributed by atoms with van der Waals surface area (Å²) < 4.78 is 5.25. The van der Waals surface area contributed by atoms with Crippen molar-refractivity contribution in [2.45, 2.75) is 32.2 Å². The molecule has 3 rings (SSSR count). The summed E-state index contributed by atoms with van der Waals surface area (Å²) in [5.74, 6) is 2.97. The maximum Gasteiger partial charge on any atom is 0.229 e. The highest BCUT2D eigenvalue weighted by atomic mass is 16.5. The molecule has 0 saturated carbocycles. The second-order valence-electron chi connectivity index (χ2n) is 4.77. The first-order valence-corrected chi connectivity index (χ1v) is 6.32. The Kier molecular flexibility index (Phi) is 3.10. The van der Waals surface area contributed by atoms with E-state index in [-0.39, 0.29) is 0 Å². The zero-order chi connectivity index (χ0) is 12.4. The molecule has 6 nitrogen and oxygen atoms in total. The average Bonchev–Trinajstić information content (AvgIpc) is 3.02. The number of aryl methyl sites for hydroxylation is 1. The van der Waals surface area contributed by atoms with Gasteiger partial charge < -0.3 is 9.51 Å². The normalized spacial score (nSPS) is 18.3. The fraction of sp³-hybridized carbons (Fsp3) is 0.583. The summed E-state index contributed by atoms with van der Waals surface area (Å²) in [7, 11) is 0. The predicted octanol–water partition coefficient (Wildman–Crippen LogP) is 1.48. The standard InChI is InChI=1S/C12H17N5O/c1-9-15-12(18-16-9)10-2-6-17(7-3-10)8-11-13-4-5-14-11/h4-5,10H,2-3,6-8H2,1H3,(H,13,14). The highest BCUT2D eigenvalue weighted by Gasteiger charge is 2.24. The third kappa shape index (κ3) is 2.43. The molecule has 0 aliphatic carbocycles. The Balaban J connectivity index is 1.55. The molecule has 0 amide bonds. The Morgan fingerprint density at radius 1 is 1.44 bits per heavy atom. The molecule has 1 aliphatic rings. The van der Waals surface area contributed by atoms with E-state index in [1.54, 1.807) is 6.20 Å². The Hall–Kier alpha value is -1.69. The molecule has 0 spiro atoms. The van der Waals surface area contributed by atoms with E-state index in [2.05, 4.69) is 25.0 Å². The summed E-state index contributed by atoms with van der Waals surface area (Å²) in [5.41, 5.74) is 0. The Morgan fingerprint density at radius 2 is 2.28 bits per heavy atom. The Bertz CT molecular complexity index is 484. The molecule has 3 heterocycles. The van der Waals surface area contributed by atoms with Crippen molar-refractivity contribution in [1.29, 1.82) is 0 Å². The van der Waals surface area contributed by atoms with Gasteiger partial charge in [0.2, 0.25) is 5.89 Å². The number of aromatic nitrogens is 4. The molecule has 6 heteroatoms. The highest BCUT2D eigenvalue weighted by Crippen LogP contribution is 2.27. The minimum absolute atomic E-state index is 0.416. The first-order chi connectivity index (χ1) is 8.81. The van der Waals surface area contributed by atoms with Crippen LogP contribution >= 0.6 is 0 Å². The molecule has 1 saturated heterocycles. The number of nitrogens with zero attached hydrogens (tertiary/aromatic N) is 4. The number of hydrogen-bond acceptors (Lipinski definition) is 5. The van der Waals surface area contributed by atoms with E-state index < -0.39 is 0 Å². The van der Waals surface area contributed by atoms with Crippen molar-refractivity contribution in [1.82, 2.24) is 25.0 Å². The fourth-order valence-corrected chi connectivity index (χ4v) is 2.41. The number of aromatic amines is 1. The van der Waals surface area contributed by atoms with E-state index in [0.29, 0.717) is 5.92 Å². The summed E-state index contributed by atoms with van der Waals surface area (Å²) in [4.78, 5) is 14.1. The smallest absolute Gasteiger partial charge is 0.229 e. The van der Waals surface area contributed by atoms with Crippen LogP contribution in [0.25, 0.3) is 0 Å². The zero-order valence-corrected chi connectivity index (χ0v) is 10.5. The SMILES string of the molecule is Cc1noc(C2CCN(Cc3ncc[nH]3)CC2)n1. The molecule has 2 aromatic heterocycles. The van der Waals surface area contributed by atoms with Crippen molar-refractivity contribution in [2.24, 2.45) is 0 Å². The van der Waals surface area contributed by atoms with Gasteiger partial charge in [-0.1, -0.05) is 5.16 Å². The molecule has 18 heavy (non-hydrogen) atoms. The van der Waals surface area contributed by atoms with Gasteiger partial charge in [-0.05, 0) is 32.9 Å². The van der Waals surface area contributed by atoms with Crippen LogP contribution < -0.4 is 0 Å². The maximum atomic E-state index is 5.25. The summed E-state index contributed by atoms with van der Waals surface area (Å²) >= 11 is 0. The van der Waals surface area contributed by atoms with Crippen LogP contribution in [0.1, 0.15) is 36.3 Å². The molecule has 0 aromatic carbocycles. The maximum absolute atomic E-state index is 5.25. The van der Waals surface area contributed by atoms with Gasteiger partial charge in [-0.2, -0.15) is 4.98 Å². The largest absolute Gasteiger partial charge is 0.348 e. The van der Waals surface area contributed by atoms with Crippen LogP contribution in [0.4, 0.5) is 0 Å². The van der Waals surface area contributed by atoms with Crippen molar-refractivity contribution >= 4 is 0 Å². The number of piperidine rings is 1. The quantitative estimate of drug-likeness (QED) is 0.889. The highest BCUT2D eigenvalue weighted by molar-refractivity contribution is 4.96. The molecular weight excluding hydrogens is 230 g/mol. The summed E-state index contributed by atoms with van der Waals surface area (Å²) in [6.07, 6.45) is 5.80. The van der Waals surface area contributed by atoms with Crippen LogP contribution in [-0.2, 0) is 6.54 Å². The van der Waals surface area contributed by atoms with Crippen molar-refractivity contribution in [3.8, 4) is 0 Å². The van der Waals surface area contributed by atoms with Gasteiger partial charge in [-0.25, -0.2) is 4.98 Å². The summed E-state index contributed by atoms with van der Waals surface area (Å²) in [5, 5.41) is 3.86. The second kappa shape index (κ2) is 4.89. The molecule has 0 radical (unpaired) electrons. The molecule has 2 aromatic rings. The van der Waals surface area contributed by atoms with E-state index in [0.717, 1.165) is 50.0 Å². The second-order valence-corrected chi connectivity index (χ2v) is 4.77. The first-order valence-electron chi connectivity index (χ1n) is 6.32. The van der Waals surface area contributed by atoms with Crippen molar-refractivity contribution in [3.05, 3.63) is 29.9 Å². The number of rotatable bonds is 3. The number of imidazole rings is 1. The van der Waals surface area contributed by atoms with Crippen LogP contribution in [0.5, 0.6) is 0 Å². The summed E-state index contributed by atoms with van der Waals surface area (Å²) in [6.45, 7) is 4.85. The molecule has 1 N–H and O–H groups in total. The lowest BCUT2D eigenvalue weighted by Crippen LogP contribution is -2.32. The van der Waals surface area contributed by atoms with Gasteiger partial charge in [-0.15, -0.1) is 0 Å². The zero-order valence-electron chi connectivity index (χ0n) is 10.5. The van der Waals surface area contributed by atoms with E-state index in [9.17, 15) is 0 Å². The average molecular weight is 247 g/mol. The molecular formula is C12H17N5O. The van der Waals surface area contributed by atoms with Gasteiger partial charge in [0.15, 0.2) is 5.82 Å². The number of nitrogens with one attached hydrogen (secondary N) is 1. The van der Waals surface area contributed by atoms with E-state index in [1.807, 2.05) is 13.1 Å². The molecule has 0 atom stereocenters. The lowest BCUT2D eigenvalue weighted by molar-refractivity contribution is 0.184. The molecule has 1 fully saturated rings. The first kappa shape index (κ1) is 11.4. The van der Waals surface area contributed by atoms with E-state index in [1.165, 1.54) is 0 Å². The number of H-pyrrole nitrogens is 1. The molecule has 1 aliphatic heterocycles. The molecule has 0 bridgehead atoms. The Morgan fingerprint density at radius 3 is 2.89 bits per heavy atom. The lowest BCUT2D eigenvalue weighted by Gasteiger charge is -2.29. The van der Waals surface area contributed by atoms with Gasteiger partial charge in [-0.3, -0.25) is 4.90 Å². The molecule has 0 unspecified atom stereocenters. The van der Waals surface area contributed by atoms with Crippen molar-refractivity contribution in [3.63, 3.8) is 0 Å². The summed E-state index contributed by atoms with van der Waals surface area (Å²) in [6, 6.07) is 0. The monoisotopic (exact) mass is 247 g/mol. The topological polar surface area (TPSA) is 70.8 Å². The third-order valence-electron chi connectivity index (χ3n) is 3.41. The minimum Gasteiger partial charge on any atom is -0.348 e. The predicted molar refractivity (Wildman–Crippen MR) is 64.9 cm³/mol. The lowest BCUT2D eigenvalue weighted by atomic mass is 9.97. The van der Waals surface area contributed by atoms with Gasteiger partial charge in [0.25, 0.3) is 0 Å². The van der Waals surface area contributed by atoms with Crippen LogP contribution in [0, 0.1) is 6.92 Å². The fourth-order valence-electron chi connectivity index (χ4n) is 2.41. The van der Waals surface area contributed by atoms with Crippen LogP contribution in [-0.4, -0.2) is 38.1 Å². The minimum atomic E-state index is 0.416. The van der Waals surface area contributed by atoms with Crippen LogP contribution in [0.2, 0.25) is 0 Å².